The molecule has 290 valence electrons. The summed E-state index contributed by atoms with van der Waals surface area (Å²) in [6.07, 6.45) is -3.56. The molecule has 0 unspecified atom stereocenters. The maximum Gasteiger partial charge on any atom is 0.418 e. The second kappa shape index (κ2) is 16.2. The first-order valence-electron chi connectivity index (χ1n) is 18.7. The number of nitrogen functional groups attached to an aromatic ring is 1. The van der Waals surface area contributed by atoms with Crippen molar-refractivity contribution in [2.24, 2.45) is 5.92 Å². The lowest BCUT2D eigenvalue weighted by molar-refractivity contribution is -0.143. The summed E-state index contributed by atoms with van der Waals surface area (Å²) in [7, 11) is 0. The lowest BCUT2D eigenvalue weighted by Crippen LogP contribution is -2.51. The highest BCUT2D eigenvalue weighted by Crippen LogP contribution is 2.42. The molecule has 3 saturated heterocycles. The zero-order valence-electron chi connectivity index (χ0n) is 29.8. The smallest absolute Gasteiger partial charge is 0.398 e. The first-order chi connectivity index (χ1) is 25.2. The molecule has 2 aromatic rings. The van der Waals surface area contributed by atoms with Gasteiger partial charge >= 0.3 is 18.4 Å². The van der Waals surface area contributed by atoms with Crippen molar-refractivity contribution in [1.82, 2.24) is 19.6 Å². The summed E-state index contributed by atoms with van der Waals surface area (Å²) in [5.41, 5.74) is 2.15. The maximum atomic E-state index is 14.1. The van der Waals surface area contributed by atoms with Crippen molar-refractivity contribution in [2.45, 2.75) is 95.1 Å². The number of hydrogen-bond donors (Lipinski definition) is 2. The van der Waals surface area contributed by atoms with Gasteiger partial charge in [-0.05, 0) is 93.8 Å². The van der Waals surface area contributed by atoms with E-state index >= 15 is 0 Å². The van der Waals surface area contributed by atoms with Crippen molar-refractivity contribution in [2.75, 3.05) is 56.9 Å². The normalized spacial score (nSPS) is 20.7. The SMILES string of the molecule is Nc1c(C(F)(F)F)cc(C[C@@H](CC(=O)N2CCC(N3CCc4ccccc4NC3=O)CC2)C(=O)N2CCC(N3CCCCCC3)CC2)cc1C(F)(F)F. The number of benzene rings is 2. The van der Waals surface area contributed by atoms with E-state index in [-0.39, 0.29) is 24.1 Å². The van der Waals surface area contributed by atoms with Crippen molar-refractivity contribution in [3.63, 3.8) is 0 Å². The summed E-state index contributed by atoms with van der Waals surface area (Å²) in [5, 5.41) is 2.96. The fourth-order valence-corrected chi connectivity index (χ4v) is 8.51. The van der Waals surface area contributed by atoms with Crippen LogP contribution in [0, 0.1) is 5.92 Å². The number of likely N-dealkylation sites (tertiary alicyclic amines) is 3. The third-order valence-electron chi connectivity index (χ3n) is 11.4. The molecule has 6 rings (SSSR count). The zero-order chi connectivity index (χ0) is 37.9. The highest BCUT2D eigenvalue weighted by Gasteiger charge is 2.42. The second-order valence-electron chi connectivity index (χ2n) is 14.9. The zero-order valence-corrected chi connectivity index (χ0v) is 29.8. The van der Waals surface area contributed by atoms with Gasteiger partial charge in [0.2, 0.25) is 11.8 Å². The molecule has 0 aromatic heterocycles. The second-order valence-corrected chi connectivity index (χ2v) is 14.9. The number of nitrogens with one attached hydrogen (secondary N) is 1. The van der Waals surface area contributed by atoms with Gasteiger partial charge < -0.3 is 30.7 Å². The van der Waals surface area contributed by atoms with Crippen LogP contribution >= 0.6 is 0 Å². The predicted molar refractivity (Wildman–Crippen MR) is 188 cm³/mol. The van der Waals surface area contributed by atoms with Crippen molar-refractivity contribution < 1.29 is 40.7 Å². The Balaban J connectivity index is 1.17. The number of urea groups is 1. The highest BCUT2D eigenvalue weighted by molar-refractivity contribution is 5.91. The van der Waals surface area contributed by atoms with E-state index < -0.39 is 53.3 Å². The van der Waals surface area contributed by atoms with E-state index in [0.717, 1.165) is 37.2 Å². The summed E-state index contributed by atoms with van der Waals surface area (Å²) in [4.78, 5) is 48.5. The van der Waals surface area contributed by atoms with Crippen LogP contribution in [-0.4, -0.2) is 95.3 Å². The van der Waals surface area contributed by atoms with Crippen molar-refractivity contribution in [3.8, 4) is 0 Å². The van der Waals surface area contributed by atoms with Gasteiger partial charge in [-0.1, -0.05) is 31.0 Å². The summed E-state index contributed by atoms with van der Waals surface area (Å²) in [6, 6.07) is 8.66. The molecule has 0 saturated carbocycles. The van der Waals surface area contributed by atoms with Crippen LogP contribution in [0.15, 0.2) is 36.4 Å². The standard InChI is InChI=1S/C38H48F6N6O3/c39-37(40,41)30-22-25(23-31(34(30)45)38(42,43)44)21-27(35(52)49-18-10-28(11-19-49)47-14-5-1-2-6-15-47)24-33(51)48-16-12-29(13-17-48)50-20-9-26-7-3-4-8-32(26)46-36(50)53/h3-4,7-8,22-23,27-29H,1-2,5-6,9-21,24,45H2,(H,46,53)/t27-/m0/s1. The van der Waals surface area contributed by atoms with Crippen molar-refractivity contribution in [1.29, 1.82) is 0 Å². The number of alkyl halides is 6. The fraction of sp³-hybridized carbons (Fsp3) is 0.605. The first kappa shape index (κ1) is 38.7. The summed E-state index contributed by atoms with van der Waals surface area (Å²) >= 11 is 0. The highest BCUT2D eigenvalue weighted by atomic mass is 19.4. The molecule has 4 aliphatic heterocycles. The number of carbonyl (C=O) groups is 3. The fourth-order valence-electron chi connectivity index (χ4n) is 8.51. The Morgan fingerprint density at radius 1 is 0.774 bits per heavy atom. The summed E-state index contributed by atoms with van der Waals surface area (Å²) in [5.74, 6) is -2.05. The van der Waals surface area contributed by atoms with Gasteiger partial charge in [0.15, 0.2) is 0 Å². The monoisotopic (exact) mass is 750 g/mol. The largest absolute Gasteiger partial charge is 0.418 e. The van der Waals surface area contributed by atoms with Crippen LogP contribution in [0.5, 0.6) is 0 Å². The molecule has 4 aliphatic rings. The number of anilines is 2. The van der Waals surface area contributed by atoms with E-state index in [9.17, 15) is 40.7 Å². The molecule has 15 heteroatoms. The Morgan fingerprint density at radius 3 is 1.94 bits per heavy atom. The minimum absolute atomic E-state index is 0.132. The Hall–Kier alpha value is -4.01. The number of hydrogen-bond acceptors (Lipinski definition) is 5. The number of nitrogens with two attached hydrogens (primary N) is 1. The Labute approximate surface area is 305 Å². The predicted octanol–water partition coefficient (Wildman–Crippen LogP) is 6.80. The van der Waals surface area contributed by atoms with Gasteiger partial charge in [-0.25, -0.2) is 4.79 Å². The van der Waals surface area contributed by atoms with Crippen LogP contribution in [0.1, 0.15) is 80.0 Å². The average molecular weight is 751 g/mol. The minimum Gasteiger partial charge on any atom is -0.398 e. The Morgan fingerprint density at radius 2 is 1.34 bits per heavy atom. The van der Waals surface area contributed by atoms with E-state index in [4.69, 9.17) is 5.73 Å². The van der Waals surface area contributed by atoms with Crippen molar-refractivity contribution >= 4 is 29.2 Å². The number of carbonyl (C=O) groups excluding carboxylic acids is 3. The van der Waals surface area contributed by atoms with E-state index in [1.165, 1.54) is 12.8 Å². The molecule has 0 spiro atoms. The van der Waals surface area contributed by atoms with Gasteiger partial charge in [0, 0.05) is 56.9 Å². The number of piperidine rings is 2. The number of fused-ring (bicyclic) bond motifs is 1. The quantitative estimate of drug-likeness (QED) is 0.240. The van der Waals surface area contributed by atoms with Crippen LogP contribution in [0.3, 0.4) is 0 Å². The van der Waals surface area contributed by atoms with Crippen LogP contribution in [0.4, 0.5) is 42.5 Å². The van der Waals surface area contributed by atoms with Crippen LogP contribution in [0.25, 0.3) is 0 Å². The lowest BCUT2D eigenvalue weighted by Gasteiger charge is -2.40. The number of para-hydroxylation sites is 1. The third kappa shape index (κ3) is 9.21. The number of nitrogens with zero attached hydrogens (tertiary/aromatic N) is 4. The molecular weight excluding hydrogens is 702 g/mol. The number of amides is 4. The van der Waals surface area contributed by atoms with Crippen LogP contribution < -0.4 is 11.1 Å². The van der Waals surface area contributed by atoms with E-state index in [2.05, 4.69) is 10.2 Å². The number of rotatable bonds is 7. The van der Waals surface area contributed by atoms with E-state index in [0.29, 0.717) is 83.0 Å². The molecule has 53 heavy (non-hydrogen) atoms. The summed E-state index contributed by atoms with van der Waals surface area (Å²) in [6.45, 7) is 3.85. The molecule has 4 heterocycles. The van der Waals surface area contributed by atoms with Gasteiger partial charge in [-0.3, -0.25) is 9.59 Å². The molecular formula is C38H48F6N6O3. The lowest BCUT2D eigenvalue weighted by atomic mass is 9.90. The van der Waals surface area contributed by atoms with Gasteiger partial charge in [0.05, 0.1) is 22.7 Å². The third-order valence-corrected chi connectivity index (χ3v) is 11.4. The van der Waals surface area contributed by atoms with Crippen molar-refractivity contribution in [3.05, 3.63) is 58.7 Å². The maximum absolute atomic E-state index is 14.1. The molecule has 1 atom stereocenters. The van der Waals surface area contributed by atoms with Gasteiger partial charge in [-0.15, -0.1) is 0 Å². The minimum atomic E-state index is -5.16. The van der Waals surface area contributed by atoms with Crippen LogP contribution in [0.2, 0.25) is 0 Å². The van der Waals surface area contributed by atoms with Gasteiger partial charge in [0.25, 0.3) is 0 Å². The molecule has 3 fully saturated rings. The molecule has 4 amide bonds. The first-order valence-corrected chi connectivity index (χ1v) is 18.7. The average Bonchev–Trinajstić information content (AvgIpc) is 3.50. The van der Waals surface area contributed by atoms with Gasteiger partial charge in [-0.2, -0.15) is 26.3 Å². The topological polar surface area (TPSA) is 102 Å². The molecule has 0 aliphatic carbocycles. The Kier molecular flexibility index (Phi) is 11.8. The van der Waals surface area contributed by atoms with Crippen LogP contribution in [-0.2, 0) is 34.8 Å². The Bertz CT molecular complexity index is 1590. The molecule has 0 bridgehead atoms. The molecule has 0 radical (unpaired) electrons. The van der Waals surface area contributed by atoms with E-state index in [1.54, 1.807) is 14.7 Å². The number of halogens is 6. The molecule has 2 aromatic carbocycles. The molecule has 9 nitrogen and oxygen atoms in total. The van der Waals surface area contributed by atoms with E-state index in [1.807, 2.05) is 24.3 Å². The molecule has 3 N–H and O–H groups in total. The van der Waals surface area contributed by atoms with Gasteiger partial charge in [0.1, 0.15) is 0 Å². The summed E-state index contributed by atoms with van der Waals surface area (Å²) < 4.78 is 83.5.